The molecule has 0 bridgehead atoms. The molecule has 1 aromatic carbocycles. The van der Waals surface area contributed by atoms with E-state index in [0.29, 0.717) is 25.5 Å². The Kier molecular flexibility index (Phi) is 4.03. The van der Waals surface area contributed by atoms with Crippen LogP contribution in [0.25, 0.3) is 0 Å². The third kappa shape index (κ3) is 2.90. The molecule has 0 atom stereocenters. The number of amides is 1. The van der Waals surface area contributed by atoms with Gasteiger partial charge in [-0.3, -0.25) is 4.79 Å². The molecule has 1 aromatic rings. The molecule has 0 unspecified atom stereocenters. The number of ether oxygens (including phenoxy) is 1. The molecule has 0 saturated heterocycles. The fourth-order valence-corrected chi connectivity index (χ4v) is 1.07. The van der Waals surface area contributed by atoms with E-state index in [1.807, 2.05) is 6.92 Å². The van der Waals surface area contributed by atoms with Crippen LogP contribution < -0.4 is 10.1 Å². The smallest absolute Gasteiger partial charge is 0.211 e. The largest absolute Gasteiger partial charge is 0.491 e. The second-order valence-corrected chi connectivity index (χ2v) is 2.87. The fraction of sp³-hybridized carbons (Fsp3) is 0.300. The van der Waals surface area contributed by atoms with Gasteiger partial charge in [-0.25, -0.2) is 8.78 Å². The summed E-state index contributed by atoms with van der Waals surface area (Å²) in [6, 6.07) is 1.72. The van der Waals surface area contributed by atoms with Gasteiger partial charge in [0.1, 0.15) is 17.3 Å². The zero-order valence-corrected chi connectivity index (χ0v) is 8.22. The molecule has 0 spiro atoms. The molecule has 0 aromatic heterocycles. The van der Waals surface area contributed by atoms with Gasteiger partial charge < -0.3 is 10.1 Å². The molecule has 0 aliphatic heterocycles. The summed E-state index contributed by atoms with van der Waals surface area (Å²) in [5.41, 5.74) is -0.139. The van der Waals surface area contributed by atoms with Gasteiger partial charge in [0, 0.05) is 12.1 Å². The van der Waals surface area contributed by atoms with Crippen molar-refractivity contribution in [3.8, 4) is 5.75 Å². The highest BCUT2D eigenvalue weighted by Crippen LogP contribution is 2.28. The molecule has 0 saturated carbocycles. The molecule has 5 heteroatoms. The van der Waals surface area contributed by atoms with E-state index in [-0.39, 0.29) is 11.4 Å². The molecule has 0 fully saturated rings. The molecule has 0 aliphatic carbocycles. The number of rotatable bonds is 5. The van der Waals surface area contributed by atoms with Crippen molar-refractivity contribution in [3.63, 3.8) is 0 Å². The van der Waals surface area contributed by atoms with Crippen molar-refractivity contribution >= 4 is 12.1 Å². The third-order valence-electron chi connectivity index (χ3n) is 1.68. The molecule has 3 nitrogen and oxygen atoms in total. The van der Waals surface area contributed by atoms with E-state index in [1.54, 1.807) is 0 Å². The van der Waals surface area contributed by atoms with Crippen LogP contribution in [0.1, 0.15) is 13.3 Å². The first-order valence-corrected chi connectivity index (χ1v) is 4.51. The zero-order valence-electron chi connectivity index (χ0n) is 8.22. The van der Waals surface area contributed by atoms with Gasteiger partial charge in [0.05, 0.1) is 6.61 Å². The standard InChI is InChI=1S/C10H11F2NO2/c1-2-3-15-9-5-7(11)4-8(12)10(9)13-6-14/h4-6H,2-3H2,1H3,(H,13,14). The van der Waals surface area contributed by atoms with E-state index in [4.69, 9.17) is 4.74 Å². The lowest BCUT2D eigenvalue weighted by atomic mass is 10.2. The number of hydrogen-bond donors (Lipinski definition) is 1. The van der Waals surface area contributed by atoms with Crippen molar-refractivity contribution in [1.29, 1.82) is 0 Å². The first kappa shape index (κ1) is 11.4. The Hall–Kier alpha value is -1.65. The summed E-state index contributed by atoms with van der Waals surface area (Å²) in [6.45, 7) is 2.19. The Bertz CT molecular complexity index is 356. The Morgan fingerprint density at radius 3 is 2.80 bits per heavy atom. The molecule has 82 valence electrons. The van der Waals surface area contributed by atoms with Gasteiger partial charge in [-0.1, -0.05) is 6.92 Å². The van der Waals surface area contributed by atoms with Crippen LogP contribution in [-0.4, -0.2) is 13.0 Å². The molecule has 0 aliphatic rings. The normalized spacial score (nSPS) is 9.80. The number of nitrogens with one attached hydrogen (secondary N) is 1. The highest BCUT2D eigenvalue weighted by Gasteiger charge is 2.11. The molecule has 0 radical (unpaired) electrons. The van der Waals surface area contributed by atoms with E-state index < -0.39 is 11.6 Å². The summed E-state index contributed by atoms with van der Waals surface area (Å²) in [6.07, 6.45) is 1.02. The number of carbonyl (C=O) groups excluding carboxylic acids is 1. The van der Waals surface area contributed by atoms with Gasteiger partial charge in [0.2, 0.25) is 6.41 Å². The van der Waals surface area contributed by atoms with Crippen LogP contribution in [-0.2, 0) is 4.79 Å². The predicted molar refractivity (Wildman–Crippen MR) is 51.8 cm³/mol. The van der Waals surface area contributed by atoms with Crippen molar-refractivity contribution in [2.24, 2.45) is 0 Å². The monoisotopic (exact) mass is 215 g/mol. The number of hydrogen-bond acceptors (Lipinski definition) is 2. The molecular formula is C10H11F2NO2. The molecule has 1 N–H and O–H groups in total. The lowest BCUT2D eigenvalue weighted by Gasteiger charge is -2.10. The van der Waals surface area contributed by atoms with Gasteiger partial charge in [-0.15, -0.1) is 0 Å². The summed E-state index contributed by atoms with van der Waals surface area (Å²) in [5.74, 6) is -1.59. The SMILES string of the molecule is CCCOc1cc(F)cc(F)c1NC=O. The van der Waals surface area contributed by atoms with Gasteiger partial charge in [-0.2, -0.15) is 0 Å². The maximum Gasteiger partial charge on any atom is 0.211 e. The minimum absolute atomic E-state index is 0.00134. The van der Waals surface area contributed by atoms with Gasteiger partial charge in [0.25, 0.3) is 0 Å². The van der Waals surface area contributed by atoms with Crippen LogP contribution in [0.15, 0.2) is 12.1 Å². The van der Waals surface area contributed by atoms with Crippen LogP contribution in [0.4, 0.5) is 14.5 Å². The van der Waals surface area contributed by atoms with Crippen LogP contribution in [0.2, 0.25) is 0 Å². The van der Waals surface area contributed by atoms with Crippen molar-refractivity contribution in [3.05, 3.63) is 23.8 Å². The van der Waals surface area contributed by atoms with E-state index >= 15 is 0 Å². The van der Waals surface area contributed by atoms with E-state index in [2.05, 4.69) is 5.32 Å². The Labute approximate surface area is 86.0 Å². The summed E-state index contributed by atoms with van der Waals surface area (Å²) < 4.78 is 31.1. The molecule has 0 heterocycles. The zero-order chi connectivity index (χ0) is 11.3. The fourth-order valence-electron chi connectivity index (χ4n) is 1.07. The van der Waals surface area contributed by atoms with Gasteiger partial charge in [0.15, 0.2) is 5.82 Å². The highest BCUT2D eigenvalue weighted by molar-refractivity contribution is 5.75. The minimum Gasteiger partial charge on any atom is -0.491 e. The summed E-state index contributed by atoms with van der Waals surface area (Å²) >= 11 is 0. The van der Waals surface area contributed by atoms with E-state index in [9.17, 15) is 13.6 Å². The lowest BCUT2D eigenvalue weighted by molar-refractivity contribution is -0.105. The topological polar surface area (TPSA) is 38.3 Å². The van der Waals surface area contributed by atoms with E-state index in [1.165, 1.54) is 0 Å². The summed E-state index contributed by atoms with van der Waals surface area (Å²) in [4.78, 5) is 10.2. The van der Waals surface area contributed by atoms with Gasteiger partial charge in [-0.05, 0) is 6.42 Å². The minimum atomic E-state index is -0.854. The molecular weight excluding hydrogens is 204 g/mol. The number of benzene rings is 1. The maximum atomic E-state index is 13.2. The van der Waals surface area contributed by atoms with Crippen LogP contribution in [0.5, 0.6) is 5.75 Å². The first-order chi connectivity index (χ1) is 7.19. The average Bonchev–Trinajstić information content (AvgIpc) is 2.19. The number of anilines is 1. The van der Waals surface area contributed by atoms with Crippen LogP contribution in [0.3, 0.4) is 0 Å². The third-order valence-corrected chi connectivity index (χ3v) is 1.68. The Morgan fingerprint density at radius 1 is 1.47 bits per heavy atom. The van der Waals surface area contributed by atoms with Crippen molar-refractivity contribution in [2.45, 2.75) is 13.3 Å². The van der Waals surface area contributed by atoms with Crippen LogP contribution in [0, 0.1) is 11.6 Å². The lowest BCUT2D eigenvalue weighted by Crippen LogP contribution is -2.04. The summed E-state index contributed by atoms with van der Waals surface area (Å²) in [7, 11) is 0. The second-order valence-electron chi connectivity index (χ2n) is 2.87. The average molecular weight is 215 g/mol. The van der Waals surface area contributed by atoms with E-state index in [0.717, 1.165) is 6.07 Å². The number of halogens is 2. The van der Waals surface area contributed by atoms with Crippen molar-refractivity contribution < 1.29 is 18.3 Å². The van der Waals surface area contributed by atoms with Crippen molar-refractivity contribution in [1.82, 2.24) is 0 Å². The Balaban J connectivity index is 3.02. The summed E-state index contributed by atoms with van der Waals surface area (Å²) in [5, 5.41) is 2.13. The van der Waals surface area contributed by atoms with Crippen LogP contribution >= 0.6 is 0 Å². The second kappa shape index (κ2) is 5.29. The predicted octanol–water partition coefficient (Wildman–Crippen LogP) is 2.32. The Morgan fingerprint density at radius 2 is 2.20 bits per heavy atom. The first-order valence-electron chi connectivity index (χ1n) is 4.51. The maximum absolute atomic E-state index is 13.2. The quantitative estimate of drug-likeness (QED) is 0.765. The van der Waals surface area contributed by atoms with Gasteiger partial charge >= 0.3 is 0 Å². The molecule has 1 amide bonds. The highest BCUT2D eigenvalue weighted by atomic mass is 19.1. The number of carbonyl (C=O) groups is 1. The molecule has 1 rings (SSSR count). The van der Waals surface area contributed by atoms with Crippen molar-refractivity contribution in [2.75, 3.05) is 11.9 Å². The molecule has 15 heavy (non-hydrogen) atoms.